The quantitative estimate of drug-likeness (QED) is 0.545. The van der Waals surface area contributed by atoms with Crippen molar-refractivity contribution in [1.82, 2.24) is 4.57 Å². The largest absolute Gasteiger partial charge is 1.00 e. The maximum absolute atomic E-state index is 8.39. The monoisotopic (exact) mass is 98.1 g/mol. The first-order valence-electron chi connectivity index (χ1n) is 2.15. The Bertz CT molecular complexity index is 127. The van der Waals surface area contributed by atoms with E-state index in [2.05, 4.69) is 0 Å². The maximum atomic E-state index is 8.39. The zero-order valence-electron chi connectivity index (χ0n) is 4.91. The summed E-state index contributed by atoms with van der Waals surface area (Å²) < 4.78 is 1.68. The van der Waals surface area contributed by atoms with Gasteiger partial charge in [-0.15, -0.1) is 0 Å². The van der Waals surface area contributed by atoms with E-state index in [-0.39, 0.29) is 8.16 Å². The molecule has 1 heterocycles. The minimum atomic E-state index is 0. The summed E-state index contributed by atoms with van der Waals surface area (Å²) in [5, 5.41) is 8.39. The smallest absolute Gasteiger partial charge is 0.376 e. The molecule has 0 radical (unpaired) electrons. The van der Waals surface area contributed by atoms with Crippen molar-refractivity contribution < 1.29 is 6.53 Å². The second-order valence-corrected chi connectivity index (χ2v) is 1.34. The number of rotatable bonds is 1. The van der Waals surface area contributed by atoms with Crippen LogP contribution in [0.3, 0.4) is 0 Å². The molecular weight excluding hydrogens is 90.1 g/mol. The topological polar surface area (TPSA) is 25.2 Å². The Morgan fingerprint density at radius 3 is 2.29 bits per heavy atom. The minimum Gasteiger partial charge on any atom is -0.376 e. The second-order valence-electron chi connectivity index (χ2n) is 1.34. The summed E-state index contributed by atoms with van der Waals surface area (Å²) in [5.74, 6) is 0. The predicted octanol–water partition coefficient (Wildman–Crippen LogP) is 0.550. The van der Waals surface area contributed by atoms with Crippen LogP contribution in [0.5, 0.6) is 0 Å². The van der Waals surface area contributed by atoms with Gasteiger partial charge in [-0.2, -0.15) is 0 Å². The molecule has 0 aliphatic heterocycles. The van der Waals surface area contributed by atoms with E-state index >= 15 is 0 Å². The van der Waals surface area contributed by atoms with Gasteiger partial charge in [-0.1, -0.05) is 0 Å². The van der Waals surface area contributed by atoms with Crippen LogP contribution in [0.4, 0.5) is 0 Å². The molecule has 2 nitrogen and oxygen atoms in total. The lowest BCUT2D eigenvalue weighted by molar-refractivity contribution is 0.211. The molecule has 1 rings (SSSR count). The van der Waals surface area contributed by atoms with Gasteiger partial charge in [0, 0.05) is 12.4 Å². The third kappa shape index (κ3) is 0.810. The van der Waals surface area contributed by atoms with Crippen LogP contribution >= 0.6 is 0 Å². The standard InChI is InChI=1S/C5H7NO/c7-5-6-3-1-2-4-6/h1-4,7H,5H2/p+1. The lowest BCUT2D eigenvalue weighted by Gasteiger charge is -1.89. The molecule has 1 aromatic rings. The van der Waals surface area contributed by atoms with E-state index < -0.39 is 0 Å². The molecule has 38 valence electrons. The molecule has 1 aromatic heterocycles. The van der Waals surface area contributed by atoms with Crippen molar-refractivity contribution in [3.8, 4) is 0 Å². The van der Waals surface area contributed by atoms with Gasteiger partial charge < -0.3 is 9.67 Å². The van der Waals surface area contributed by atoms with Crippen LogP contribution in [0, 0.1) is 0 Å². The summed E-state index contributed by atoms with van der Waals surface area (Å²) in [6.07, 6.45) is 3.61. The van der Waals surface area contributed by atoms with Crippen LogP contribution in [0.1, 0.15) is 1.43 Å². The van der Waals surface area contributed by atoms with Crippen molar-refractivity contribution in [3.05, 3.63) is 24.5 Å². The zero-order chi connectivity index (χ0) is 5.11. The lowest BCUT2D eigenvalue weighted by Crippen LogP contribution is -1.89. The first-order chi connectivity index (χ1) is 3.43. The number of hydrogen-bond donors (Lipinski definition) is 1. The van der Waals surface area contributed by atoms with E-state index in [4.69, 9.17) is 5.11 Å². The summed E-state index contributed by atoms with van der Waals surface area (Å²) in [6.45, 7) is 0.0764. The van der Waals surface area contributed by atoms with E-state index in [1.54, 1.807) is 17.0 Å². The molecule has 0 aliphatic rings. The van der Waals surface area contributed by atoms with Gasteiger partial charge in [0.15, 0.2) is 0 Å². The van der Waals surface area contributed by atoms with Gasteiger partial charge in [-0.25, -0.2) is 0 Å². The Labute approximate surface area is 43.5 Å². The average molecular weight is 98.1 g/mol. The van der Waals surface area contributed by atoms with Gasteiger partial charge in [-0.05, 0) is 12.1 Å². The van der Waals surface area contributed by atoms with Gasteiger partial charge >= 0.3 is 1.43 Å². The molecular formula is C5H8NO+. The predicted molar refractivity (Wildman–Crippen MR) is 27.8 cm³/mol. The van der Waals surface area contributed by atoms with Gasteiger partial charge in [0.05, 0.1) is 0 Å². The van der Waals surface area contributed by atoms with Crippen molar-refractivity contribution in [3.63, 3.8) is 0 Å². The van der Waals surface area contributed by atoms with E-state index in [1.807, 2.05) is 12.1 Å². The Morgan fingerprint density at radius 1 is 1.43 bits per heavy atom. The number of aliphatic hydroxyl groups is 1. The summed E-state index contributed by atoms with van der Waals surface area (Å²) in [5.41, 5.74) is 0. The number of hydrogen-bond acceptors (Lipinski definition) is 1. The van der Waals surface area contributed by atoms with E-state index in [0.717, 1.165) is 0 Å². The van der Waals surface area contributed by atoms with Gasteiger partial charge in [-0.3, -0.25) is 0 Å². The van der Waals surface area contributed by atoms with Crippen molar-refractivity contribution in [2.24, 2.45) is 0 Å². The molecule has 0 atom stereocenters. The molecule has 0 aromatic carbocycles. The van der Waals surface area contributed by atoms with Crippen molar-refractivity contribution in [2.75, 3.05) is 0 Å². The highest BCUT2D eigenvalue weighted by atomic mass is 16.3. The van der Waals surface area contributed by atoms with Crippen LogP contribution in [0.25, 0.3) is 0 Å². The molecule has 0 spiro atoms. The maximum Gasteiger partial charge on any atom is 1.00 e. The first kappa shape index (κ1) is 4.40. The molecule has 0 saturated carbocycles. The fourth-order valence-corrected chi connectivity index (χ4v) is 0.464. The zero-order valence-corrected chi connectivity index (χ0v) is 3.91. The molecule has 0 bridgehead atoms. The van der Waals surface area contributed by atoms with Gasteiger partial charge in [0.2, 0.25) is 0 Å². The van der Waals surface area contributed by atoms with Gasteiger partial charge in [0.1, 0.15) is 6.73 Å². The van der Waals surface area contributed by atoms with Gasteiger partial charge in [0.25, 0.3) is 0 Å². The lowest BCUT2D eigenvalue weighted by atomic mass is 10.7. The average Bonchev–Trinajstić information content (AvgIpc) is 2.14. The number of aromatic nitrogens is 1. The van der Waals surface area contributed by atoms with Crippen molar-refractivity contribution in [1.29, 1.82) is 0 Å². The Morgan fingerprint density at radius 2 is 2.00 bits per heavy atom. The summed E-state index contributed by atoms with van der Waals surface area (Å²) in [4.78, 5) is 0. The Kier molecular flexibility index (Phi) is 1.13. The third-order valence-electron chi connectivity index (χ3n) is 0.829. The number of aliphatic hydroxyl groups excluding tert-OH is 1. The van der Waals surface area contributed by atoms with E-state index in [1.165, 1.54) is 0 Å². The minimum absolute atomic E-state index is 0. The van der Waals surface area contributed by atoms with E-state index in [9.17, 15) is 0 Å². The normalized spacial score (nSPS) is 9.29. The third-order valence-corrected chi connectivity index (χ3v) is 0.829. The molecule has 0 amide bonds. The highest BCUT2D eigenvalue weighted by Gasteiger charge is 1.76. The highest BCUT2D eigenvalue weighted by Crippen LogP contribution is 1.84. The van der Waals surface area contributed by atoms with Crippen LogP contribution in [0.2, 0.25) is 0 Å². The van der Waals surface area contributed by atoms with Crippen LogP contribution in [0.15, 0.2) is 24.5 Å². The molecule has 2 heteroatoms. The number of nitrogens with zero attached hydrogens (tertiary/aromatic N) is 1. The molecule has 1 N–H and O–H groups in total. The summed E-state index contributed by atoms with van der Waals surface area (Å²) >= 11 is 0. The van der Waals surface area contributed by atoms with Crippen LogP contribution < -0.4 is 0 Å². The fourth-order valence-electron chi connectivity index (χ4n) is 0.464. The van der Waals surface area contributed by atoms with Crippen molar-refractivity contribution in [2.45, 2.75) is 6.73 Å². The summed E-state index contributed by atoms with van der Waals surface area (Å²) in [6, 6.07) is 3.74. The van der Waals surface area contributed by atoms with Crippen molar-refractivity contribution >= 4 is 0 Å². The first-order valence-corrected chi connectivity index (χ1v) is 2.15. The van der Waals surface area contributed by atoms with E-state index in [0.29, 0.717) is 0 Å². The van der Waals surface area contributed by atoms with Crippen LogP contribution in [-0.4, -0.2) is 9.67 Å². The van der Waals surface area contributed by atoms with Crippen LogP contribution in [-0.2, 0) is 6.73 Å². The molecule has 0 aliphatic carbocycles. The summed E-state index contributed by atoms with van der Waals surface area (Å²) in [7, 11) is 0. The highest BCUT2D eigenvalue weighted by molar-refractivity contribution is 4.89. The molecule has 0 fully saturated rings. The Balaban J connectivity index is 0.000000490. The molecule has 7 heavy (non-hydrogen) atoms. The Hall–Kier alpha value is -0.760. The second kappa shape index (κ2) is 1.80. The SMILES string of the molecule is OCn1cccc1.[H+]. The molecule has 0 unspecified atom stereocenters. The fraction of sp³-hybridized carbons (Fsp3) is 0.200. The molecule has 0 saturated heterocycles.